The lowest BCUT2D eigenvalue weighted by atomic mass is 9.92. The fourth-order valence-electron chi connectivity index (χ4n) is 1.80. The molecule has 2 N–H and O–H groups in total. The van der Waals surface area contributed by atoms with Gasteiger partial charge < -0.3 is 10.1 Å². The molecule has 1 atom stereocenters. The summed E-state index contributed by atoms with van der Waals surface area (Å²) in [4.78, 5) is 22.8. The van der Waals surface area contributed by atoms with E-state index in [4.69, 9.17) is 4.74 Å². The zero-order valence-electron chi connectivity index (χ0n) is 9.74. The van der Waals surface area contributed by atoms with Gasteiger partial charge in [-0.2, -0.15) is 0 Å². The van der Waals surface area contributed by atoms with Crippen molar-refractivity contribution >= 4 is 11.9 Å². The van der Waals surface area contributed by atoms with Crippen LogP contribution in [0.5, 0.6) is 5.75 Å². The molecule has 2 rings (SSSR count). The van der Waals surface area contributed by atoms with Crippen LogP contribution in [0, 0.1) is 0 Å². The Morgan fingerprint density at radius 2 is 1.88 bits per heavy atom. The lowest BCUT2D eigenvalue weighted by molar-refractivity contribution is -0.123. The monoisotopic (exact) mass is 234 g/mol. The average Bonchev–Trinajstić information content (AvgIpc) is 2.55. The van der Waals surface area contributed by atoms with Gasteiger partial charge in [-0.15, -0.1) is 0 Å². The second-order valence-corrected chi connectivity index (χ2v) is 3.99. The van der Waals surface area contributed by atoms with E-state index in [1.165, 1.54) is 0 Å². The van der Waals surface area contributed by atoms with Crippen molar-refractivity contribution < 1.29 is 14.3 Å². The van der Waals surface area contributed by atoms with Crippen LogP contribution in [0.15, 0.2) is 24.3 Å². The maximum Gasteiger partial charge on any atom is 0.322 e. The molecule has 1 aromatic rings. The lowest BCUT2D eigenvalue weighted by Gasteiger charge is -2.21. The van der Waals surface area contributed by atoms with E-state index in [1.807, 2.05) is 6.92 Å². The maximum absolute atomic E-state index is 11.7. The van der Waals surface area contributed by atoms with Crippen LogP contribution in [0.1, 0.15) is 19.4 Å². The number of rotatable bonds is 3. The summed E-state index contributed by atoms with van der Waals surface area (Å²) in [5.41, 5.74) is -0.272. The summed E-state index contributed by atoms with van der Waals surface area (Å²) in [6.07, 6.45) is 0. The highest BCUT2D eigenvalue weighted by atomic mass is 16.5. The van der Waals surface area contributed by atoms with Crippen LogP contribution in [-0.4, -0.2) is 18.5 Å². The maximum atomic E-state index is 11.7. The van der Waals surface area contributed by atoms with Gasteiger partial charge in [0, 0.05) is 0 Å². The Hall–Kier alpha value is -2.04. The van der Waals surface area contributed by atoms with E-state index >= 15 is 0 Å². The normalized spacial score (nSPS) is 23.2. The van der Waals surface area contributed by atoms with E-state index in [0.29, 0.717) is 6.61 Å². The zero-order chi connectivity index (χ0) is 12.5. The van der Waals surface area contributed by atoms with Crippen molar-refractivity contribution in [3.63, 3.8) is 0 Å². The van der Waals surface area contributed by atoms with Crippen molar-refractivity contribution in [1.29, 1.82) is 0 Å². The van der Waals surface area contributed by atoms with Gasteiger partial charge in [0.2, 0.25) is 0 Å². The van der Waals surface area contributed by atoms with Crippen LogP contribution in [-0.2, 0) is 10.3 Å². The number of hydrogen-bond donors (Lipinski definition) is 2. The third-order valence-electron chi connectivity index (χ3n) is 2.79. The van der Waals surface area contributed by atoms with Crippen molar-refractivity contribution in [2.75, 3.05) is 6.61 Å². The number of benzene rings is 1. The minimum atomic E-state index is -0.998. The quantitative estimate of drug-likeness (QED) is 0.771. The molecule has 1 aliphatic rings. The number of amides is 3. The molecule has 0 unspecified atom stereocenters. The Kier molecular flexibility index (Phi) is 2.75. The number of urea groups is 1. The van der Waals surface area contributed by atoms with Crippen molar-refractivity contribution in [2.24, 2.45) is 0 Å². The largest absolute Gasteiger partial charge is 0.494 e. The molecule has 5 nitrogen and oxygen atoms in total. The van der Waals surface area contributed by atoms with Gasteiger partial charge in [-0.1, -0.05) is 12.1 Å². The summed E-state index contributed by atoms with van der Waals surface area (Å²) >= 11 is 0. The summed E-state index contributed by atoms with van der Waals surface area (Å²) < 4.78 is 5.32. The summed E-state index contributed by atoms with van der Waals surface area (Å²) in [5, 5.41) is 4.83. The highest BCUT2D eigenvalue weighted by Gasteiger charge is 2.43. The Labute approximate surface area is 99.2 Å². The molecule has 17 heavy (non-hydrogen) atoms. The molecule has 90 valence electrons. The Morgan fingerprint density at radius 3 is 2.35 bits per heavy atom. The summed E-state index contributed by atoms with van der Waals surface area (Å²) in [7, 11) is 0. The van der Waals surface area contributed by atoms with Crippen LogP contribution in [0.3, 0.4) is 0 Å². The first-order chi connectivity index (χ1) is 8.06. The molecule has 0 radical (unpaired) electrons. The molecule has 0 bridgehead atoms. The number of carbonyl (C=O) groups is 2. The average molecular weight is 234 g/mol. The van der Waals surface area contributed by atoms with Gasteiger partial charge in [0.1, 0.15) is 11.3 Å². The van der Waals surface area contributed by atoms with Crippen molar-refractivity contribution in [3.8, 4) is 5.75 Å². The first-order valence-electron chi connectivity index (χ1n) is 5.43. The van der Waals surface area contributed by atoms with Gasteiger partial charge in [0.15, 0.2) is 0 Å². The fraction of sp³-hybridized carbons (Fsp3) is 0.333. The van der Waals surface area contributed by atoms with Crippen molar-refractivity contribution in [3.05, 3.63) is 29.8 Å². The van der Waals surface area contributed by atoms with Gasteiger partial charge in [0.05, 0.1) is 6.61 Å². The van der Waals surface area contributed by atoms with Crippen LogP contribution >= 0.6 is 0 Å². The number of carbonyl (C=O) groups excluding carboxylic acids is 2. The number of imide groups is 1. The first kappa shape index (κ1) is 11.4. The smallest absolute Gasteiger partial charge is 0.322 e. The molecule has 5 heteroatoms. The van der Waals surface area contributed by atoms with Crippen molar-refractivity contribution in [2.45, 2.75) is 19.4 Å². The molecule has 1 heterocycles. The van der Waals surface area contributed by atoms with Crippen LogP contribution in [0.4, 0.5) is 4.79 Å². The topological polar surface area (TPSA) is 67.4 Å². The SMILES string of the molecule is CCOc1ccc([C@]2(C)NC(=O)NC2=O)cc1. The minimum absolute atomic E-state index is 0.341. The molecule has 0 saturated carbocycles. The molecule has 0 aromatic heterocycles. The second kappa shape index (κ2) is 4.08. The van der Waals surface area contributed by atoms with Gasteiger partial charge in [-0.05, 0) is 31.5 Å². The molecule has 1 aromatic carbocycles. The fourth-order valence-corrected chi connectivity index (χ4v) is 1.80. The van der Waals surface area contributed by atoms with E-state index in [0.717, 1.165) is 11.3 Å². The van der Waals surface area contributed by atoms with Crippen LogP contribution in [0.25, 0.3) is 0 Å². The Morgan fingerprint density at radius 1 is 1.24 bits per heavy atom. The Bertz CT molecular complexity index is 455. The van der Waals surface area contributed by atoms with Gasteiger partial charge in [-0.3, -0.25) is 10.1 Å². The molecule has 1 saturated heterocycles. The predicted octanol–water partition coefficient (Wildman–Crippen LogP) is 1.14. The molecule has 0 spiro atoms. The van der Waals surface area contributed by atoms with Crippen LogP contribution in [0.2, 0.25) is 0 Å². The standard InChI is InChI=1S/C12H14N2O3/c1-3-17-9-6-4-8(5-7-9)12(2)10(15)13-11(16)14-12/h4-7H,3H2,1-2H3,(H2,13,14,15,16)/t12-/m0/s1. The predicted molar refractivity (Wildman–Crippen MR) is 61.6 cm³/mol. The van der Waals surface area contributed by atoms with Crippen LogP contribution < -0.4 is 15.4 Å². The second-order valence-electron chi connectivity index (χ2n) is 3.99. The van der Waals surface area contributed by atoms with Crippen molar-refractivity contribution in [1.82, 2.24) is 10.6 Å². The van der Waals surface area contributed by atoms with Gasteiger partial charge in [-0.25, -0.2) is 4.79 Å². The molecule has 3 amide bonds. The highest BCUT2D eigenvalue weighted by Crippen LogP contribution is 2.26. The number of nitrogens with one attached hydrogen (secondary N) is 2. The van der Waals surface area contributed by atoms with E-state index < -0.39 is 11.6 Å². The lowest BCUT2D eigenvalue weighted by Crippen LogP contribution is -2.40. The zero-order valence-corrected chi connectivity index (χ0v) is 9.74. The molecular weight excluding hydrogens is 220 g/mol. The molecule has 1 fully saturated rings. The third kappa shape index (κ3) is 1.95. The summed E-state index contributed by atoms with van der Waals surface area (Å²) in [6, 6.07) is 6.64. The van der Waals surface area contributed by atoms with Gasteiger partial charge >= 0.3 is 6.03 Å². The molecule has 1 aliphatic heterocycles. The highest BCUT2D eigenvalue weighted by molar-refractivity contribution is 6.07. The first-order valence-corrected chi connectivity index (χ1v) is 5.43. The van der Waals surface area contributed by atoms with E-state index in [2.05, 4.69) is 10.6 Å². The third-order valence-corrected chi connectivity index (χ3v) is 2.79. The number of hydrogen-bond acceptors (Lipinski definition) is 3. The van der Waals surface area contributed by atoms with E-state index in [-0.39, 0.29) is 5.91 Å². The minimum Gasteiger partial charge on any atom is -0.494 e. The molecular formula is C12H14N2O3. The Balaban J connectivity index is 2.28. The van der Waals surface area contributed by atoms with Gasteiger partial charge in [0.25, 0.3) is 5.91 Å². The molecule has 0 aliphatic carbocycles. The van der Waals surface area contributed by atoms with E-state index in [1.54, 1.807) is 31.2 Å². The summed E-state index contributed by atoms with van der Waals surface area (Å²) in [6.45, 7) is 4.16. The van der Waals surface area contributed by atoms with E-state index in [9.17, 15) is 9.59 Å². The summed E-state index contributed by atoms with van der Waals surface area (Å²) in [5.74, 6) is 0.399. The number of ether oxygens (including phenoxy) is 1.